The highest BCUT2D eigenvalue weighted by Crippen LogP contribution is 2.29. The molecular formula is C26H35N3O5S. The molecule has 9 heteroatoms. The van der Waals surface area contributed by atoms with E-state index in [1.807, 2.05) is 24.1 Å². The summed E-state index contributed by atoms with van der Waals surface area (Å²) in [5, 5.41) is 1.17. The van der Waals surface area contributed by atoms with Crippen molar-refractivity contribution in [3.8, 4) is 0 Å². The molecule has 2 aliphatic rings. The van der Waals surface area contributed by atoms with Gasteiger partial charge in [-0.25, -0.2) is 17.9 Å². The van der Waals surface area contributed by atoms with Gasteiger partial charge in [0.1, 0.15) is 0 Å². The van der Waals surface area contributed by atoms with Crippen LogP contribution in [0.3, 0.4) is 0 Å². The van der Waals surface area contributed by atoms with Gasteiger partial charge in [0.15, 0.2) is 0 Å². The summed E-state index contributed by atoms with van der Waals surface area (Å²) in [6.07, 6.45) is 6.14. The fourth-order valence-electron chi connectivity index (χ4n) is 5.19. The molecule has 0 bridgehead atoms. The summed E-state index contributed by atoms with van der Waals surface area (Å²) in [5.74, 6) is -0.0728. The van der Waals surface area contributed by atoms with E-state index in [2.05, 4.69) is 4.72 Å². The molecule has 1 aliphatic carbocycles. The molecule has 0 atom stereocenters. The van der Waals surface area contributed by atoms with Crippen LogP contribution < -0.4 is 4.72 Å². The molecule has 1 heterocycles. The van der Waals surface area contributed by atoms with Crippen molar-refractivity contribution in [3.63, 3.8) is 0 Å². The predicted molar refractivity (Wildman–Crippen MR) is 135 cm³/mol. The van der Waals surface area contributed by atoms with Gasteiger partial charge in [-0.1, -0.05) is 43.5 Å². The first-order valence-corrected chi connectivity index (χ1v) is 14.0. The van der Waals surface area contributed by atoms with Gasteiger partial charge in [-0.3, -0.25) is 4.79 Å². The van der Waals surface area contributed by atoms with E-state index in [0.717, 1.165) is 25.7 Å². The molecule has 4 rings (SSSR count). The molecule has 1 saturated heterocycles. The van der Waals surface area contributed by atoms with Crippen molar-refractivity contribution in [2.45, 2.75) is 68.8 Å². The third kappa shape index (κ3) is 5.62. The monoisotopic (exact) mass is 501 g/mol. The zero-order valence-corrected chi connectivity index (χ0v) is 21.4. The Balaban J connectivity index is 1.54. The Bertz CT molecular complexity index is 1170. The van der Waals surface area contributed by atoms with Crippen LogP contribution in [0, 0.1) is 0 Å². The zero-order chi connectivity index (χ0) is 25.0. The minimum absolute atomic E-state index is 0.0728. The molecule has 0 radical (unpaired) electrons. The Morgan fingerprint density at radius 3 is 2.31 bits per heavy atom. The van der Waals surface area contributed by atoms with E-state index in [1.54, 1.807) is 36.1 Å². The molecule has 0 unspecified atom stereocenters. The molecule has 2 amide bonds. The van der Waals surface area contributed by atoms with Gasteiger partial charge in [0.25, 0.3) is 5.91 Å². The van der Waals surface area contributed by atoms with Crippen molar-refractivity contribution < 1.29 is 22.7 Å². The summed E-state index contributed by atoms with van der Waals surface area (Å²) >= 11 is 0. The first kappa shape index (κ1) is 25.4. The van der Waals surface area contributed by atoms with Crippen molar-refractivity contribution in [1.29, 1.82) is 0 Å². The smallest absolute Gasteiger partial charge is 0.409 e. The molecule has 2 aromatic rings. The Labute approximate surface area is 207 Å². The van der Waals surface area contributed by atoms with Crippen molar-refractivity contribution >= 4 is 32.8 Å². The Kier molecular flexibility index (Phi) is 7.96. The number of nitrogens with zero attached hydrogens (tertiary/aromatic N) is 2. The summed E-state index contributed by atoms with van der Waals surface area (Å²) in [7, 11) is -1.98. The first-order chi connectivity index (χ1) is 16.8. The Hall–Kier alpha value is -2.65. The average Bonchev–Trinajstić information content (AvgIpc) is 2.88. The number of ether oxygens (including phenoxy) is 1. The lowest BCUT2D eigenvalue weighted by Gasteiger charge is -2.32. The summed E-state index contributed by atoms with van der Waals surface area (Å²) in [5.41, 5.74) is 0.523. The van der Waals surface area contributed by atoms with Crippen LogP contribution >= 0.6 is 0 Å². The third-order valence-electron chi connectivity index (χ3n) is 7.19. The van der Waals surface area contributed by atoms with Crippen molar-refractivity contribution in [2.75, 3.05) is 26.7 Å². The normalized spacial score (nSPS) is 17.9. The standard InChI is InChI=1S/C26H35N3O5S/c1-3-34-26(31)29-17-15-19(16-18-29)27-35(32,33)24-14-13-23(21-11-7-8-12-22(21)24)25(30)28(2)20-9-5-4-6-10-20/h7-8,11-14,19-20,27H,3-6,9-10,15-18H2,1-2H3. The number of carbonyl (C=O) groups excluding carboxylic acids is 2. The van der Waals surface area contributed by atoms with E-state index in [-0.39, 0.29) is 29.0 Å². The van der Waals surface area contributed by atoms with Gasteiger partial charge < -0.3 is 14.5 Å². The fourth-order valence-corrected chi connectivity index (χ4v) is 6.71. The molecule has 2 aromatic carbocycles. The molecule has 35 heavy (non-hydrogen) atoms. The van der Waals surface area contributed by atoms with E-state index in [9.17, 15) is 18.0 Å². The number of piperidine rings is 1. The summed E-state index contributed by atoms with van der Waals surface area (Å²) in [4.78, 5) is 28.9. The SMILES string of the molecule is CCOC(=O)N1CCC(NS(=O)(=O)c2ccc(C(=O)N(C)C3CCCCC3)c3ccccc23)CC1. The highest BCUT2D eigenvalue weighted by atomic mass is 32.2. The van der Waals surface area contributed by atoms with E-state index in [4.69, 9.17) is 4.74 Å². The van der Waals surface area contributed by atoms with Crippen LogP contribution in [0.5, 0.6) is 0 Å². The van der Waals surface area contributed by atoms with E-state index < -0.39 is 10.0 Å². The predicted octanol–water partition coefficient (Wildman–Crippen LogP) is 4.14. The second-order valence-electron chi connectivity index (χ2n) is 9.45. The summed E-state index contributed by atoms with van der Waals surface area (Å²) in [6, 6.07) is 10.3. The second kappa shape index (κ2) is 11.0. The second-order valence-corrected chi connectivity index (χ2v) is 11.1. The maximum Gasteiger partial charge on any atom is 0.409 e. The van der Waals surface area contributed by atoms with Gasteiger partial charge in [0, 0.05) is 43.2 Å². The maximum atomic E-state index is 13.4. The quantitative estimate of drug-likeness (QED) is 0.642. The number of fused-ring (bicyclic) bond motifs is 1. The van der Waals surface area contributed by atoms with Gasteiger partial charge in [0.05, 0.1) is 11.5 Å². The molecule has 0 spiro atoms. The van der Waals surface area contributed by atoms with Crippen LogP contribution in [-0.4, -0.2) is 69.0 Å². The number of amides is 2. The number of sulfonamides is 1. The first-order valence-electron chi connectivity index (χ1n) is 12.5. The number of carbonyl (C=O) groups is 2. The van der Waals surface area contributed by atoms with Crippen LogP contribution in [0.25, 0.3) is 10.8 Å². The van der Waals surface area contributed by atoms with Crippen molar-refractivity contribution in [3.05, 3.63) is 42.0 Å². The van der Waals surface area contributed by atoms with Gasteiger partial charge >= 0.3 is 6.09 Å². The van der Waals surface area contributed by atoms with Crippen LogP contribution in [-0.2, 0) is 14.8 Å². The Morgan fingerprint density at radius 1 is 1.00 bits per heavy atom. The maximum absolute atomic E-state index is 13.4. The zero-order valence-electron chi connectivity index (χ0n) is 20.5. The van der Waals surface area contributed by atoms with Crippen molar-refractivity contribution in [1.82, 2.24) is 14.5 Å². The lowest BCUT2D eigenvalue weighted by atomic mass is 9.93. The molecule has 0 aromatic heterocycles. The number of hydrogen-bond acceptors (Lipinski definition) is 5. The highest BCUT2D eigenvalue weighted by Gasteiger charge is 2.29. The number of nitrogens with one attached hydrogen (secondary N) is 1. The minimum Gasteiger partial charge on any atom is -0.450 e. The molecule has 190 valence electrons. The lowest BCUT2D eigenvalue weighted by Crippen LogP contribution is -2.46. The number of hydrogen-bond donors (Lipinski definition) is 1. The third-order valence-corrected chi connectivity index (χ3v) is 8.77. The van der Waals surface area contributed by atoms with Crippen LogP contribution in [0.1, 0.15) is 62.2 Å². The summed E-state index contributed by atoms with van der Waals surface area (Å²) in [6.45, 7) is 2.95. The topological polar surface area (TPSA) is 96.0 Å². The van der Waals surface area contributed by atoms with Crippen LogP contribution in [0.4, 0.5) is 4.79 Å². The van der Waals surface area contributed by atoms with E-state index in [1.165, 1.54) is 6.42 Å². The number of benzene rings is 2. The van der Waals surface area contributed by atoms with Gasteiger partial charge in [-0.15, -0.1) is 0 Å². The minimum atomic E-state index is -3.83. The van der Waals surface area contributed by atoms with Gasteiger partial charge in [-0.05, 0) is 50.1 Å². The molecule has 2 fully saturated rings. The van der Waals surface area contributed by atoms with Gasteiger partial charge in [-0.2, -0.15) is 0 Å². The molecule has 1 aliphatic heterocycles. The largest absolute Gasteiger partial charge is 0.450 e. The van der Waals surface area contributed by atoms with Crippen molar-refractivity contribution in [2.24, 2.45) is 0 Å². The average molecular weight is 502 g/mol. The fraction of sp³-hybridized carbons (Fsp3) is 0.538. The lowest BCUT2D eigenvalue weighted by molar-refractivity contribution is 0.0698. The van der Waals surface area contributed by atoms with Crippen LogP contribution in [0.15, 0.2) is 41.3 Å². The van der Waals surface area contributed by atoms with E-state index in [0.29, 0.717) is 48.9 Å². The Morgan fingerprint density at radius 2 is 1.66 bits per heavy atom. The number of rotatable bonds is 6. The molecular weight excluding hydrogens is 466 g/mol. The van der Waals surface area contributed by atoms with Gasteiger partial charge in [0.2, 0.25) is 10.0 Å². The molecule has 1 saturated carbocycles. The highest BCUT2D eigenvalue weighted by molar-refractivity contribution is 7.89. The van der Waals surface area contributed by atoms with E-state index >= 15 is 0 Å². The number of likely N-dealkylation sites (tertiary alicyclic amines) is 1. The molecule has 1 N–H and O–H groups in total. The summed E-state index contributed by atoms with van der Waals surface area (Å²) < 4.78 is 34.6. The molecule has 8 nitrogen and oxygen atoms in total. The van der Waals surface area contributed by atoms with Crippen LogP contribution in [0.2, 0.25) is 0 Å².